The van der Waals surface area contributed by atoms with Crippen LogP contribution in [0.1, 0.15) is 10.4 Å². The Morgan fingerprint density at radius 1 is 1.25 bits per heavy atom. The first-order chi connectivity index (χ1) is 5.79. The van der Waals surface area contributed by atoms with E-state index in [1.54, 1.807) is 0 Å². The third-order valence-corrected chi connectivity index (χ3v) is 2.27. The van der Waals surface area contributed by atoms with E-state index < -0.39 is 0 Å². The van der Waals surface area contributed by atoms with Gasteiger partial charge in [0.05, 0.1) is 11.3 Å². The van der Waals surface area contributed by atoms with Gasteiger partial charge in [0.2, 0.25) is 0 Å². The number of carbonyl (C=O) groups is 1. The van der Waals surface area contributed by atoms with Crippen molar-refractivity contribution in [3.8, 4) is 0 Å². The first-order valence-corrected chi connectivity index (χ1v) is 4.18. The highest BCUT2D eigenvalue weighted by Gasteiger charge is 2.17. The summed E-state index contributed by atoms with van der Waals surface area (Å²) in [7, 11) is 0. The van der Waals surface area contributed by atoms with Crippen LogP contribution in [0.25, 0.3) is 0 Å². The molecule has 0 bridgehead atoms. The number of nitrogens with one attached hydrogen (secondary N) is 3. The fourth-order valence-electron chi connectivity index (χ4n) is 1.08. The summed E-state index contributed by atoms with van der Waals surface area (Å²) in [5, 5.41) is 0. The van der Waals surface area contributed by atoms with Gasteiger partial charge in [-0.25, -0.2) is 0 Å². The number of carbonyl (C=O) groups excluding carboxylic acids is 1. The zero-order chi connectivity index (χ0) is 8.55. The molecule has 1 amide bonds. The summed E-state index contributed by atoms with van der Waals surface area (Å²) in [5.41, 5.74) is 9.21. The second-order valence-corrected chi connectivity index (χ2v) is 3.22. The van der Waals surface area contributed by atoms with Crippen molar-refractivity contribution < 1.29 is 4.79 Å². The van der Waals surface area contributed by atoms with E-state index in [2.05, 4.69) is 32.3 Å². The molecule has 62 valence electrons. The molecule has 2 rings (SSSR count). The normalized spacial score (nSPS) is 14.6. The van der Waals surface area contributed by atoms with Gasteiger partial charge in [-0.3, -0.25) is 10.2 Å². The largest absolute Gasteiger partial charge is 0.303 e. The molecule has 1 heterocycles. The lowest BCUT2D eigenvalue weighted by Gasteiger charge is -2.19. The molecule has 1 aromatic rings. The van der Waals surface area contributed by atoms with Crippen molar-refractivity contribution in [3.63, 3.8) is 0 Å². The first-order valence-electron chi connectivity index (χ1n) is 3.39. The molecule has 0 radical (unpaired) electrons. The smallest absolute Gasteiger partial charge is 0.270 e. The summed E-state index contributed by atoms with van der Waals surface area (Å²) in [4.78, 5) is 11.3. The molecule has 4 nitrogen and oxygen atoms in total. The van der Waals surface area contributed by atoms with Gasteiger partial charge in [0.15, 0.2) is 0 Å². The Hall–Kier alpha value is -1.07. The second-order valence-electron chi connectivity index (χ2n) is 2.37. The molecule has 0 saturated carbocycles. The maximum absolute atomic E-state index is 11.3. The van der Waals surface area contributed by atoms with E-state index in [9.17, 15) is 4.79 Å². The number of benzene rings is 1. The monoisotopic (exact) mass is 227 g/mol. The fourth-order valence-corrected chi connectivity index (χ4v) is 1.62. The van der Waals surface area contributed by atoms with Crippen LogP contribution in [0.15, 0.2) is 22.7 Å². The SMILES string of the molecule is O=C1NNNc2cccc(Br)c21. The number of amides is 1. The molecule has 0 spiro atoms. The van der Waals surface area contributed by atoms with Crippen LogP contribution < -0.4 is 16.4 Å². The van der Waals surface area contributed by atoms with E-state index in [0.29, 0.717) is 5.56 Å². The van der Waals surface area contributed by atoms with Crippen molar-refractivity contribution in [2.24, 2.45) is 0 Å². The van der Waals surface area contributed by atoms with Crippen LogP contribution in [0.4, 0.5) is 5.69 Å². The Labute approximate surface area is 77.4 Å². The van der Waals surface area contributed by atoms with Gasteiger partial charge in [0.1, 0.15) is 0 Å². The minimum absolute atomic E-state index is 0.142. The average molecular weight is 228 g/mol. The number of hydrazine groups is 2. The van der Waals surface area contributed by atoms with Crippen LogP contribution in [0.2, 0.25) is 0 Å². The van der Waals surface area contributed by atoms with Gasteiger partial charge in [-0.15, -0.1) is 5.53 Å². The lowest BCUT2D eigenvalue weighted by Crippen LogP contribution is -2.45. The molecule has 0 atom stereocenters. The summed E-state index contributed by atoms with van der Waals surface area (Å²) >= 11 is 3.29. The van der Waals surface area contributed by atoms with Crippen molar-refractivity contribution >= 4 is 27.5 Å². The zero-order valence-corrected chi connectivity index (χ0v) is 7.60. The van der Waals surface area contributed by atoms with Crippen molar-refractivity contribution in [3.05, 3.63) is 28.2 Å². The summed E-state index contributed by atoms with van der Waals surface area (Å²) in [6.45, 7) is 0. The molecule has 1 aromatic carbocycles. The van der Waals surface area contributed by atoms with Gasteiger partial charge < -0.3 is 5.43 Å². The average Bonchev–Trinajstić information content (AvgIpc) is 2.04. The topological polar surface area (TPSA) is 53.2 Å². The molecule has 0 fully saturated rings. The van der Waals surface area contributed by atoms with E-state index in [1.165, 1.54) is 0 Å². The van der Waals surface area contributed by atoms with Crippen LogP contribution in [-0.4, -0.2) is 5.91 Å². The predicted molar refractivity (Wildman–Crippen MR) is 48.4 cm³/mol. The lowest BCUT2D eigenvalue weighted by molar-refractivity contribution is 0.0931. The van der Waals surface area contributed by atoms with Gasteiger partial charge in [0, 0.05) is 4.47 Å². The maximum Gasteiger partial charge on any atom is 0.270 e. The molecule has 1 aliphatic rings. The molecule has 5 heteroatoms. The standard InChI is InChI=1S/C7H6BrN3O/c8-4-2-1-3-5-6(4)7(12)10-11-9-5/h1-3,9,11H,(H,10,12). The number of hydrogen-bond acceptors (Lipinski definition) is 3. The van der Waals surface area contributed by atoms with Crippen LogP contribution in [-0.2, 0) is 0 Å². The molecule has 0 aromatic heterocycles. The fraction of sp³-hybridized carbons (Fsp3) is 0. The third kappa shape index (κ3) is 1.07. The van der Waals surface area contributed by atoms with Crippen molar-refractivity contribution in [1.29, 1.82) is 0 Å². The van der Waals surface area contributed by atoms with Crippen molar-refractivity contribution in [2.75, 3.05) is 5.43 Å². The highest BCUT2D eigenvalue weighted by Crippen LogP contribution is 2.25. The number of rotatable bonds is 0. The van der Waals surface area contributed by atoms with Crippen LogP contribution in [0, 0.1) is 0 Å². The zero-order valence-electron chi connectivity index (χ0n) is 6.02. The molecule has 12 heavy (non-hydrogen) atoms. The number of hydrogen-bond donors (Lipinski definition) is 3. The lowest BCUT2D eigenvalue weighted by atomic mass is 10.1. The highest BCUT2D eigenvalue weighted by molar-refractivity contribution is 9.10. The second kappa shape index (κ2) is 2.76. The van der Waals surface area contributed by atoms with E-state index in [1.807, 2.05) is 18.2 Å². The van der Waals surface area contributed by atoms with Crippen LogP contribution in [0.3, 0.4) is 0 Å². The number of fused-ring (bicyclic) bond motifs is 1. The minimum Gasteiger partial charge on any atom is -0.303 e. The molecular formula is C7H6BrN3O. The Bertz CT molecular complexity index is 339. The molecule has 3 N–H and O–H groups in total. The van der Waals surface area contributed by atoms with Crippen molar-refractivity contribution in [1.82, 2.24) is 11.0 Å². The van der Waals surface area contributed by atoms with Crippen molar-refractivity contribution in [2.45, 2.75) is 0 Å². The van der Waals surface area contributed by atoms with E-state index in [0.717, 1.165) is 10.2 Å². The van der Waals surface area contributed by atoms with Gasteiger partial charge in [-0.05, 0) is 28.1 Å². The summed E-state index contributed by atoms with van der Waals surface area (Å²) in [5.74, 6) is -0.142. The van der Waals surface area contributed by atoms with Gasteiger partial charge in [-0.1, -0.05) is 6.07 Å². The maximum atomic E-state index is 11.3. The van der Waals surface area contributed by atoms with E-state index in [-0.39, 0.29) is 5.91 Å². The number of anilines is 1. The van der Waals surface area contributed by atoms with E-state index >= 15 is 0 Å². The van der Waals surface area contributed by atoms with E-state index in [4.69, 9.17) is 0 Å². The van der Waals surface area contributed by atoms with Gasteiger partial charge in [0.25, 0.3) is 5.91 Å². The molecular weight excluding hydrogens is 222 g/mol. The molecule has 0 saturated heterocycles. The van der Waals surface area contributed by atoms with Crippen LogP contribution in [0.5, 0.6) is 0 Å². The Morgan fingerprint density at radius 2 is 2.08 bits per heavy atom. The molecule has 1 aliphatic heterocycles. The quantitative estimate of drug-likeness (QED) is 0.621. The summed E-state index contributed by atoms with van der Waals surface area (Å²) in [6.07, 6.45) is 0. The molecule has 0 unspecified atom stereocenters. The highest BCUT2D eigenvalue weighted by atomic mass is 79.9. The Kier molecular flexibility index (Phi) is 1.74. The number of halogens is 1. The minimum atomic E-state index is -0.142. The van der Waals surface area contributed by atoms with Gasteiger partial charge >= 0.3 is 0 Å². The Morgan fingerprint density at radius 3 is 2.83 bits per heavy atom. The summed E-state index contributed by atoms with van der Waals surface area (Å²) < 4.78 is 0.784. The summed E-state index contributed by atoms with van der Waals surface area (Å²) in [6, 6.07) is 5.51. The van der Waals surface area contributed by atoms with Gasteiger partial charge in [-0.2, -0.15) is 0 Å². The Balaban J connectivity index is 2.60. The van der Waals surface area contributed by atoms with Crippen LogP contribution >= 0.6 is 15.9 Å². The predicted octanol–water partition coefficient (Wildman–Crippen LogP) is 1.02. The first kappa shape index (κ1) is 7.57. The molecule has 0 aliphatic carbocycles. The third-order valence-electron chi connectivity index (χ3n) is 1.61.